The van der Waals surface area contributed by atoms with Crippen molar-refractivity contribution in [2.24, 2.45) is 11.3 Å². The molecule has 1 fully saturated rings. The zero-order chi connectivity index (χ0) is 14.0. The Hall–Kier alpha value is -1.09. The van der Waals surface area contributed by atoms with E-state index in [4.69, 9.17) is 4.74 Å². The van der Waals surface area contributed by atoms with Gasteiger partial charge in [0.2, 0.25) is 0 Å². The van der Waals surface area contributed by atoms with Gasteiger partial charge in [0.05, 0.1) is 17.9 Å². The van der Waals surface area contributed by atoms with Crippen molar-refractivity contribution in [2.75, 3.05) is 12.4 Å². The van der Waals surface area contributed by atoms with E-state index in [2.05, 4.69) is 0 Å². The molecule has 18 heavy (non-hydrogen) atoms. The van der Waals surface area contributed by atoms with Gasteiger partial charge in [0.15, 0.2) is 15.3 Å². The number of hydrogen-bond acceptors (Lipinski definition) is 5. The Morgan fingerprint density at radius 2 is 2.11 bits per heavy atom. The predicted octanol–water partition coefficient (Wildman–Crippen LogP) is 1.29. The summed E-state index contributed by atoms with van der Waals surface area (Å²) in [5.74, 6) is -0.851. The molecule has 0 N–H and O–H groups in total. The fourth-order valence-corrected chi connectivity index (χ4v) is 4.06. The average molecular weight is 273 g/mol. The Bertz CT molecular complexity index is 465. The lowest BCUT2D eigenvalue weighted by Crippen LogP contribution is -2.34. The summed E-state index contributed by atoms with van der Waals surface area (Å²) in [5.41, 5.74) is -1.30. The van der Waals surface area contributed by atoms with Crippen LogP contribution in [0.3, 0.4) is 0 Å². The van der Waals surface area contributed by atoms with Gasteiger partial charge in [-0.3, -0.25) is 4.79 Å². The van der Waals surface area contributed by atoms with Gasteiger partial charge in [0.1, 0.15) is 0 Å². The first-order chi connectivity index (χ1) is 8.34. The Labute approximate surface area is 108 Å². The molecular weight excluding hydrogens is 254 g/mol. The van der Waals surface area contributed by atoms with Gasteiger partial charge in [0, 0.05) is 5.75 Å². The van der Waals surface area contributed by atoms with Crippen LogP contribution in [-0.2, 0) is 19.4 Å². The van der Waals surface area contributed by atoms with E-state index >= 15 is 0 Å². The molecule has 0 aromatic rings. The molecule has 0 amide bonds. The summed E-state index contributed by atoms with van der Waals surface area (Å²) >= 11 is 0. The third-order valence-electron chi connectivity index (χ3n) is 3.76. The van der Waals surface area contributed by atoms with Gasteiger partial charge in [0.25, 0.3) is 0 Å². The summed E-state index contributed by atoms with van der Waals surface area (Å²) in [6, 6.07) is 2.00. The molecule has 1 rings (SSSR count). The van der Waals surface area contributed by atoms with Crippen molar-refractivity contribution in [3.05, 3.63) is 0 Å². The number of ether oxygens (including phenoxy) is 1. The van der Waals surface area contributed by atoms with Crippen LogP contribution in [0.25, 0.3) is 0 Å². The maximum Gasteiger partial charge on any atom is 0.326 e. The molecule has 0 aromatic heterocycles. The van der Waals surface area contributed by atoms with Gasteiger partial charge in [-0.2, -0.15) is 5.26 Å². The summed E-state index contributed by atoms with van der Waals surface area (Å²) in [6.07, 6.45) is 0.405. The Morgan fingerprint density at radius 3 is 2.56 bits per heavy atom. The zero-order valence-electron chi connectivity index (χ0n) is 11.0. The van der Waals surface area contributed by atoms with Crippen LogP contribution in [0.2, 0.25) is 0 Å². The molecule has 0 bridgehead atoms. The lowest BCUT2D eigenvalue weighted by Gasteiger charge is -2.22. The van der Waals surface area contributed by atoms with E-state index < -0.39 is 26.5 Å². The minimum atomic E-state index is -3.22. The summed E-state index contributed by atoms with van der Waals surface area (Å²) in [5, 5.41) is 8.68. The quantitative estimate of drug-likeness (QED) is 0.721. The Kier molecular flexibility index (Phi) is 4.38. The van der Waals surface area contributed by atoms with Crippen LogP contribution < -0.4 is 0 Å². The van der Waals surface area contributed by atoms with Crippen molar-refractivity contribution in [2.45, 2.75) is 38.9 Å². The molecule has 0 unspecified atom stereocenters. The SMILES string of the molecule is CCOC(=O)[C@@]1(C#N)C[C@H](S(=O)(=O)CC)C[C@@H]1C. The van der Waals surface area contributed by atoms with Crippen LogP contribution in [0.5, 0.6) is 0 Å². The molecule has 0 saturated heterocycles. The van der Waals surface area contributed by atoms with Gasteiger partial charge in [-0.1, -0.05) is 13.8 Å². The number of nitriles is 1. The number of nitrogens with zero attached hydrogens (tertiary/aromatic N) is 1. The minimum absolute atomic E-state index is 0.0364. The fourth-order valence-electron chi connectivity index (χ4n) is 2.49. The van der Waals surface area contributed by atoms with Crippen LogP contribution in [0.4, 0.5) is 0 Å². The van der Waals surface area contributed by atoms with E-state index in [1.807, 2.05) is 6.07 Å². The van der Waals surface area contributed by atoms with Crippen LogP contribution in [0, 0.1) is 22.7 Å². The third kappa shape index (κ3) is 2.37. The number of carbonyl (C=O) groups is 1. The molecule has 1 aliphatic rings. The van der Waals surface area contributed by atoms with Gasteiger partial charge >= 0.3 is 5.97 Å². The van der Waals surface area contributed by atoms with E-state index in [9.17, 15) is 18.5 Å². The van der Waals surface area contributed by atoms with E-state index in [0.717, 1.165) is 0 Å². The zero-order valence-corrected chi connectivity index (χ0v) is 11.8. The van der Waals surface area contributed by atoms with Crippen LogP contribution in [-0.4, -0.2) is 32.0 Å². The van der Waals surface area contributed by atoms with Crippen molar-refractivity contribution < 1.29 is 17.9 Å². The average Bonchev–Trinajstić information content (AvgIpc) is 2.68. The van der Waals surface area contributed by atoms with Gasteiger partial charge < -0.3 is 4.74 Å². The molecule has 6 heteroatoms. The molecule has 0 heterocycles. The molecule has 5 nitrogen and oxygen atoms in total. The summed E-state index contributed by atoms with van der Waals surface area (Å²) < 4.78 is 28.7. The number of sulfone groups is 1. The lowest BCUT2D eigenvalue weighted by atomic mass is 9.80. The first-order valence-corrected chi connectivity index (χ1v) is 7.85. The van der Waals surface area contributed by atoms with Crippen LogP contribution in [0.15, 0.2) is 0 Å². The number of carbonyl (C=O) groups excluding carboxylic acids is 1. The van der Waals surface area contributed by atoms with E-state index in [1.165, 1.54) is 0 Å². The molecule has 1 aliphatic carbocycles. The van der Waals surface area contributed by atoms with E-state index in [0.29, 0.717) is 6.42 Å². The van der Waals surface area contributed by atoms with Crippen molar-refractivity contribution in [1.82, 2.24) is 0 Å². The maximum atomic E-state index is 11.9. The molecule has 0 radical (unpaired) electrons. The first-order valence-electron chi connectivity index (χ1n) is 6.14. The lowest BCUT2D eigenvalue weighted by molar-refractivity contribution is -0.153. The van der Waals surface area contributed by atoms with E-state index in [-0.39, 0.29) is 24.7 Å². The standard InChI is InChI=1S/C12H19NO4S/c1-4-17-11(14)12(8-13)7-10(6-9(12)3)18(15,16)5-2/h9-10H,4-7H2,1-3H3/t9-,10+,12+/m0/s1. The monoisotopic (exact) mass is 273 g/mol. The van der Waals surface area contributed by atoms with Crippen LogP contribution in [0.1, 0.15) is 33.6 Å². The summed E-state index contributed by atoms with van der Waals surface area (Å²) in [7, 11) is -3.22. The molecule has 0 aromatic carbocycles. The van der Waals surface area contributed by atoms with Crippen LogP contribution >= 0.6 is 0 Å². The Balaban J connectivity index is 3.05. The number of esters is 1. The fraction of sp³-hybridized carbons (Fsp3) is 0.833. The second-order valence-electron chi connectivity index (χ2n) is 4.72. The number of hydrogen-bond donors (Lipinski definition) is 0. The first kappa shape index (κ1) is 15.0. The molecule has 1 saturated carbocycles. The van der Waals surface area contributed by atoms with Gasteiger partial charge in [-0.05, 0) is 25.7 Å². The highest BCUT2D eigenvalue weighted by atomic mass is 32.2. The predicted molar refractivity (Wildman–Crippen MR) is 66.3 cm³/mol. The molecule has 102 valence electrons. The minimum Gasteiger partial charge on any atom is -0.465 e. The molecule has 3 atom stereocenters. The summed E-state index contributed by atoms with van der Waals surface area (Å²) in [4.78, 5) is 11.9. The van der Waals surface area contributed by atoms with Crippen molar-refractivity contribution in [3.8, 4) is 6.07 Å². The highest BCUT2D eigenvalue weighted by Gasteiger charge is 2.55. The Morgan fingerprint density at radius 1 is 1.50 bits per heavy atom. The topological polar surface area (TPSA) is 84.2 Å². The van der Waals surface area contributed by atoms with Gasteiger partial charge in [-0.15, -0.1) is 0 Å². The normalized spacial score (nSPS) is 31.9. The van der Waals surface area contributed by atoms with Crippen molar-refractivity contribution in [3.63, 3.8) is 0 Å². The van der Waals surface area contributed by atoms with Gasteiger partial charge in [-0.25, -0.2) is 8.42 Å². The second-order valence-corrected chi connectivity index (χ2v) is 7.29. The molecule has 0 aliphatic heterocycles. The number of rotatable bonds is 4. The highest BCUT2D eigenvalue weighted by Crippen LogP contribution is 2.46. The smallest absolute Gasteiger partial charge is 0.326 e. The largest absolute Gasteiger partial charge is 0.465 e. The van der Waals surface area contributed by atoms with Crippen molar-refractivity contribution in [1.29, 1.82) is 5.26 Å². The van der Waals surface area contributed by atoms with Crippen molar-refractivity contribution >= 4 is 15.8 Å². The highest BCUT2D eigenvalue weighted by molar-refractivity contribution is 7.92. The van der Waals surface area contributed by atoms with E-state index in [1.54, 1.807) is 20.8 Å². The summed E-state index contributed by atoms with van der Waals surface area (Å²) in [6.45, 7) is 5.19. The molecular formula is C12H19NO4S. The molecule has 0 spiro atoms. The maximum absolute atomic E-state index is 11.9. The third-order valence-corrected chi connectivity index (χ3v) is 5.94. The second kappa shape index (κ2) is 5.27.